The number of nitrogens with zero attached hydrogens (tertiary/aromatic N) is 3. The van der Waals surface area contributed by atoms with Crippen LogP contribution in [-0.4, -0.2) is 34.0 Å². The van der Waals surface area contributed by atoms with Gasteiger partial charge in [-0.3, -0.25) is 9.78 Å². The Kier molecular flexibility index (Phi) is 4.78. The number of hydrogen-bond donors (Lipinski definition) is 2. The minimum absolute atomic E-state index is 0.280. The van der Waals surface area contributed by atoms with Crippen LogP contribution in [0, 0.1) is 0 Å². The second kappa shape index (κ2) is 7.35. The summed E-state index contributed by atoms with van der Waals surface area (Å²) < 4.78 is 5.71. The number of hydrogen-bond acceptors (Lipinski definition) is 6. The van der Waals surface area contributed by atoms with Crippen LogP contribution in [0.25, 0.3) is 0 Å². The topological polar surface area (TPSA) is 89.0 Å². The maximum absolute atomic E-state index is 12.4. The minimum atomic E-state index is -0.332. The third-order valence-electron chi connectivity index (χ3n) is 3.22. The first-order valence-electron chi connectivity index (χ1n) is 7.43. The van der Waals surface area contributed by atoms with E-state index in [1.165, 1.54) is 0 Å². The number of pyridine rings is 1. The number of rotatable bonds is 0. The van der Waals surface area contributed by atoms with Crippen LogP contribution >= 0.6 is 0 Å². The Bertz CT molecular complexity index is 717. The monoisotopic (exact) mass is 311 g/mol. The molecule has 2 bridgehead atoms. The lowest BCUT2D eigenvalue weighted by Crippen LogP contribution is -2.16. The number of ether oxygens (including phenoxy) is 1. The Hall–Kier alpha value is -2.96. The van der Waals surface area contributed by atoms with Gasteiger partial charge in [-0.2, -0.15) is 0 Å². The zero-order valence-electron chi connectivity index (χ0n) is 12.5. The highest BCUT2D eigenvalue weighted by Crippen LogP contribution is 2.23. The molecule has 0 unspecified atom stereocenters. The van der Waals surface area contributed by atoms with Crippen molar-refractivity contribution in [3.05, 3.63) is 48.6 Å². The van der Waals surface area contributed by atoms with Gasteiger partial charge in [-0.25, -0.2) is 9.97 Å². The lowest BCUT2D eigenvalue weighted by molar-refractivity contribution is 0.102. The van der Waals surface area contributed by atoms with Crippen molar-refractivity contribution in [2.45, 2.75) is 12.8 Å². The van der Waals surface area contributed by atoms with E-state index in [-0.39, 0.29) is 11.6 Å². The fraction of sp³-hybridized carbons (Fsp3) is 0.250. The lowest BCUT2D eigenvalue weighted by Gasteiger charge is -2.11. The Balaban J connectivity index is 1.88. The number of fused-ring (bicyclic) bond motifs is 3. The molecule has 3 heterocycles. The number of carbonyl (C=O) groups is 1. The van der Waals surface area contributed by atoms with Gasteiger partial charge in [-0.05, 0) is 18.9 Å². The molecule has 0 fully saturated rings. The van der Waals surface area contributed by atoms with Gasteiger partial charge in [0.2, 0.25) is 5.95 Å². The molecule has 1 aliphatic rings. The van der Waals surface area contributed by atoms with Crippen molar-refractivity contribution in [2.24, 2.45) is 0 Å². The fourth-order valence-electron chi connectivity index (χ4n) is 2.10. The number of carbonyl (C=O) groups excluding carboxylic acids is 1. The van der Waals surface area contributed by atoms with Gasteiger partial charge >= 0.3 is 0 Å². The minimum Gasteiger partial charge on any atom is -0.491 e. The third kappa shape index (κ3) is 4.03. The van der Waals surface area contributed by atoms with Crippen LogP contribution in [0.3, 0.4) is 0 Å². The number of anilines is 2. The Morgan fingerprint density at radius 1 is 1.13 bits per heavy atom. The van der Waals surface area contributed by atoms with Gasteiger partial charge in [-0.15, -0.1) is 0 Å². The summed E-state index contributed by atoms with van der Waals surface area (Å²) in [5, 5.41) is 5.87. The third-order valence-corrected chi connectivity index (χ3v) is 3.22. The first-order valence-corrected chi connectivity index (χ1v) is 7.43. The molecule has 7 nitrogen and oxygen atoms in total. The van der Waals surface area contributed by atoms with E-state index in [9.17, 15) is 4.79 Å². The maximum Gasteiger partial charge on any atom is 0.274 e. The second-order valence-electron chi connectivity index (χ2n) is 4.92. The van der Waals surface area contributed by atoms with Crippen LogP contribution in [-0.2, 0) is 0 Å². The molecular formula is C16H17N5O2. The van der Waals surface area contributed by atoms with Crippen molar-refractivity contribution in [1.82, 2.24) is 15.0 Å². The molecule has 2 aromatic heterocycles. The van der Waals surface area contributed by atoms with E-state index in [0.717, 1.165) is 12.8 Å². The van der Waals surface area contributed by atoms with E-state index in [1.54, 1.807) is 30.7 Å². The summed E-state index contributed by atoms with van der Waals surface area (Å²) in [4.78, 5) is 24.7. The summed E-state index contributed by atoms with van der Waals surface area (Å²) in [6.07, 6.45) is 10.5. The Morgan fingerprint density at radius 2 is 2.04 bits per heavy atom. The largest absolute Gasteiger partial charge is 0.491 e. The molecule has 1 amide bonds. The highest BCUT2D eigenvalue weighted by molar-refractivity contribution is 6.03. The zero-order chi connectivity index (χ0) is 15.9. The molecule has 0 radical (unpaired) electrons. The predicted molar refractivity (Wildman–Crippen MR) is 86.6 cm³/mol. The van der Waals surface area contributed by atoms with E-state index >= 15 is 0 Å². The molecule has 1 aliphatic heterocycles. The molecule has 0 aromatic carbocycles. The van der Waals surface area contributed by atoms with Gasteiger partial charge < -0.3 is 15.4 Å². The van der Waals surface area contributed by atoms with Crippen LogP contribution in [0.4, 0.5) is 11.6 Å². The summed E-state index contributed by atoms with van der Waals surface area (Å²) in [5.41, 5.74) is 0.798. The molecule has 0 aliphatic carbocycles. The predicted octanol–water partition coefficient (Wildman–Crippen LogP) is 2.26. The van der Waals surface area contributed by atoms with Gasteiger partial charge in [0.15, 0.2) is 0 Å². The number of nitrogens with one attached hydrogen (secondary N) is 2. The van der Waals surface area contributed by atoms with E-state index in [4.69, 9.17) is 4.74 Å². The van der Waals surface area contributed by atoms with Crippen molar-refractivity contribution in [3.63, 3.8) is 0 Å². The van der Waals surface area contributed by atoms with Crippen LogP contribution < -0.4 is 15.4 Å². The maximum atomic E-state index is 12.4. The highest BCUT2D eigenvalue weighted by Gasteiger charge is 2.12. The average molecular weight is 311 g/mol. The van der Waals surface area contributed by atoms with Crippen LogP contribution in [0.2, 0.25) is 0 Å². The highest BCUT2D eigenvalue weighted by atomic mass is 16.5. The van der Waals surface area contributed by atoms with E-state index < -0.39 is 0 Å². The van der Waals surface area contributed by atoms with E-state index in [1.807, 2.05) is 0 Å². The molecular weight excluding hydrogens is 294 g/mol. The summed E-state index contributed by atoms with van der Waals surface area (Å²) in [6, 6.07) is 3.29. The molecule has 23 heavy (non-hydrogen) atoms. The first-order chi connectivity index (χ1) is 11.3. The smallest absolute Gasteiger partial charge is 0.274 e. The first kappa shape index (κ1) is 15.0. The summed E-state index contributed by atoms with van der Waals surface area (Å²) in [7, 11) is 0. The summed E-state index contributed by atoms with van der Waals surface area (Å²) >= 11 is 0. The van der Waals surface area contributed by atoms with Crippen molar-refractivity contribution >= 4 is 17.5 Å². The van der Waals surface area contributed by atoms with Crippen LogP contribution in [0.1, 0.15) is 23.3 Å². The standard InChI is InChI=1S/C16H17N5O2/c22-15-12-5-9-19-16(21-12)18-7-3-1-2-4-10-23-14-6-8-17-11-13(14)20-15/h1-2,5-6,8-9,11H,3-4,7,10H2,(H,20,22)(H,18,19,21)/b2-1-. The van der Waals surface area contributed by atoms with Crippen molar-refractivity contribution in [2.75, 3.05) is 23.8 Å². The SMILES string of the molecule is O=C1Nc2cnccc2OCC/C=C\CCNc2nccc1n2. The lowest BCUT2D eigenvalue weighted by atomic mass is 10.3. The van der Waals surface area contributed by atoms with Crippen molar-refractivity contribution < 1.29 is 9.53 Å². The molecule has 0 saturated carbocycles. The summed E-state index contributed by atoms with van der Waals surface area (Å²) in [5.74, 6) is 0.689. The van der Waals surface area contributed by atoms with Crippen molar-refractivity contribution in [1.29, 1.82) is 0 Å². The average Bonchev–Trinajstić information content (AvgIpc) is 2.58. The molecule has 0 atom stereocenters. The van der Waals surface area contributed by atoms with Gasteiger partial charge in [0, 0.05) is 25.0 Å². The van der Waals surface area contributed by atoms with Crippen LogP contribution in [0.15, 0.2) is 42.9 Å². The van der Waals surface area contributed by atoms with Gasteiger partial charge in [0.1, 0.15) is 17.1 Å². The van der Waals surface area contributed by atoms with Gasteiger partial charge in [0.05, 0.1) is 12.8 Å². The number of aromatic nitrogens is 3. The number of amides is 1. The summed E-state index contributed by atoms with van der Waals surface area (Å²) in [6.45, 7) is 1.23. The molecule has 118 valence electrons. The van der Waals surface area contributed by atoms with Crippen molar-refractivity contribution in [3.8, 4) is 5.75 Å². The molecule has 2 aromatic rings. The molecule has 7 heteroatoms. The molecule has 0 spiro atoms. The Labute approximate surface area is 133 Å². The second-order valence-corrected chi connectivity index (χ2v) is 4.92. The molecule has 2 N–H and O–H groups in total. The van der Waals surface area contributed by atoms with Gasteiger partial charge in [-0.1, -0.05) is 12.2 Å². The normalized spacial score (nSPS) is 16.6. The van der Waals surface area contributed by atoms with E-state index in [2.05, 4.69) is 37.7 Å². The van der Waals surface area contributed by atoms with Gasteiger partial charge in [0.25, 0.3) is 5.91 Å². The fourth-order valence-corrected chi connectivity index (χ4v) is 2.10. The molecule has 3 rings (SSSR count). The quantitative estimate of drug-likeness (QED) is 0.726. The van der Waals surface area contributed by atoms with Crippen LogP contribution in [0.5, 0.6) is 5.75 Å². The zero-order valence-corrected chi connectivity index (χ0v) is 12.5. The molecule has 0 saturated heterocycles. The van der Waals surface area contributed by atoms with E-state index in [0.29, 0.717) is 30.5 Å². The Morgan fingerprint density at radius 3 is 3.00 bits per heavy atom.